The highest BCUT2D eigenvalue weighted by molar-refractivity contribution is 8.01. The van der Waals surface area contributed by atoms with Gasteiger partial charge in [-0.25, -0.2) is 14.9 Å². The van der Waals surface area contributed by atoms with Crippen LogP contribution in [0.2, 0.25) is 0 Å². The van der Waals surface area contributed by atoms with Crippen LogP contribution in [0.25, 0.3) is 0 Å². The molecule has 1 aromatic carbocycles. The highest BCUT2D eigenvalue weighted by atomic mass is 32.2. The molecule has 0 spiro atoms. The number of H-pyrrole nitrogens is 1. The lowest BCUT2D eigenvalue weighted by Gasteiger charge is -2.23. The van der Waals surface area contributed by atoms with Crippen molar-refractivity contribution in [3.05, 3.63) is 48.4 Å². The molecule has 1 aliphatic carbocycles. The number of carboxylic acid groups (broad SMARTS) is 1. The number of imide groups is 1. The number of aromatic nitrogens is 3. The highest BCUT2D eigenvalue weighted by Crippen LogP contribution is 2.36. The quantitative estimate of drug-likeness (QED) is 0.420. The zero-order valence-corrected chi connectivity index (χ0v) is 19.5. The summed E-state index contributed by atoms with van der Waals surface area (Å²) in [4.78, 5) is 62.5. The van der Waals surface area contributed by atoms with Crippen LogP contribution in [0.4, 0.5) is 10.8 Å². The lowest BCUT2D eigenvalue weighted by atomic mass is 10.1. The van der Waals surface area contributed by atoms with E-state index in [1.807, 2.05) is 0 Å². The van der Waals surface area contributed by atoms with Gasteiger partial charge in [-0.1, -0.05) is 42.4 Å². The SMILES string of the molecule is O=C(O)Cc1nc(NC(=O)C(=O)N(C(=O)C2CCCC2)c2ccccc2)sc1Sc1ncc[nH]1. The number of thiazole rings is 1. The van der Waals surface area contributed by atoms with Crippen LogP contribution in [-0.4, -0.2) is 43.7 Å². The predicted molar refractivity (Wildman–Crippen MR) is 126 cm³/mol. The van der Waals surface area contributed by atoms with Crippen LogP contribution < -0.4 is 10.2 Å². The molecule has 0 aliphatic heterocycles. The number of rotatable bonds is 7. The first-order valence-corrected chi connectivity index (χ1v) is 12.2. The fraction of sp³-hybridized carbons (Fsp3) is 0.273. The minimum atomic E-state index is -1.09. The van der Waals surface area contributed by atoms with Crippen molar-refractivity contribution in [3.63, 3.8) is 0 Å². The molecule has 34 heavy (non-hydrogen) atoms. The van der Waals surface area contributed by atoms with E-state index in [1.165, 1.54) is 11.8 Å². The highest BCUT2D eigenvalue weighted by Gasteiger charge is 2.35. The second kappa shape index (κ2) is 10.6. The number of carboxylic acids is 1. The predicted octanol–water partition coefficient (Wildman–Crippen LogP) is 3.33. The number of aliphatic carboxylic acids is 1. The van der Waals surface area contributed by atoms with E-state index < -0.39 is 23.7 Å². The summed E-state index contributed by atoms with van der Waals surface area (Å²) in [5.74, 6) is -3.84. The number of nitrogens with one attached hydrogen (secondary N) is 2. The van der Waals surface area contributed by atoms with Gasteiger partial charge >= 0.3 is 17.8 Å². The van der Waals surface area contributed by atoms with Crippen LogP contribution in [0, 0.1) is 5.92 Å². The number of para-hydroxylation sites is 1. The van der Waals surface area contributed by atoms with Crippen LogP contribution in [0.5, 0.6) is 0 Å². The lowest BCUT2D eigenvalue weighted by Crippen LogP contribution is -2.46. The van der Waals surface area contributed by atoms with Crippen LogP contribution in [0.1, 0.15) is 31.4 Å². The van der Waals surface area contributed by atoms with Gasteiger partial charge in [0.05, 0.1) is 22.0 Å². The van der Waals surface area contributed by atoms with E-state index in [0.717, 1.165) is 29.1 Å². The first-order valence-electron chi connectivity index (χ1n) is 10.6. The maximum atomic E-state index is 13.1. The molecule has 1 saturated carbocycles. The molecular formula is C22H21N5O5S2. The van der Waals surface area contributed by atoms with Crippen molar-refractivity contribution in [2.75, 3.05) is 10.2 Å². The molecule has 0 saturated heterocycles. The molecule has 3 N–H and O–H groups in total. The minimum absolute atomic E-state index is 0.0602. The van der Waals surface area contributed by atoms with Crippen LogP contribution >= 0.6 is 23.1 Å². The second-order valence-electron chi connectivity index (χ2n) is 7.57. The van der Waals surface area contributed by atoms with Crippen molar-refractivity contribution < 1.29 is 24.3 Å². The molecule has 12 heteroatoms. The van der Waals surface area contributed by atoms with Gasteiger partial charge in [-0.15, -0.1) is 0 Å². The molecule has 0 unspecified atom stereocenters. The summed E-state index contributed by atoms with van der Waals surface area (Å²) in [5.41, 5.74) is 0.558. The Morgan fingerprint density at radius 1 is 1.18 bits per heavy atom. The fourth-order valence-electron chi connectivity index (χ4n) is 3.65. The van der Waals surface area contributed by atoms with Crippen molar-refractivity contribution >= 4 is 57.6 Å². The summed E-state index contributed by atoms with van der Waals surface area (Å²) in [5, 5.41) is 12.2. The van der Waals surface area contributed by atoms with Gasteiger partial charge in [-0.3, -0.25) is 24.5 Å². The Kier molecular flexibility index (Phi) is 7.38. The molecule has 0 radical (unpaired) electrons. The summed E-state index contributed by atoms with van der Waals surface area (Å²) < 4.78 is 0.516. The molecule has 0 bridgehead atoms. The van der Waals surface area contributed by atoms with E-state index in [2.05, 4.69) is 20.3 Å². The van der Waals surface area contributed by atoms with Gasteiger partial charge in [-0.2, -0.15) is 0 Å². The van der Waals surface area contributed by atoms with E-state index in [4.69, 9.17) is 0 Å². The Balaban J connectivity index is 1.56. The lowest BCUT2D eigenvalue weighted by molar-refractivity contribution is -0.138. The fourth-order valence-corrected chi connectivity index (χ4v) is 5.65. The monoisotopic (exact) mass is 499 g/mol. The average Bonchev–Trinajstić information content (AvgIpc) is 3.58. The van der Waals surface area contributed by atoms with Crippen molar-refractivity contribution in [2.24, 2.45) is 5.92 Å². The van der Waals surface area contributed by atoms with Crippen LogP contribution in [0.15, 0.2) is 52.1 Å². The molecule has 1 aliphatic rings. The summed E-state index contributed by atoms with van der Waals surface area (Å²) in [6.45, 7) is 0. The Bertz CT molecular complexity index is 1190. The van der Waals surface area contributed by atoms with E-state index in [-0.39, 0.29) is 23.2 Å². The van der Waals surface area contributed by atoms with E-state index >= 15 is 0 Å². The molecule has 2 aromatic heterocycles. The molecule has 3 amide bonds. The molecular weight excluding hydrogens is 478 g/mol. The summed E-state index contributed by atoms with van der Waals surface area (Å²) >= 11 is 2.20. The van der Waals surface area contributed by atoms with E-state index in [9.17, 15) is 24.3 Å². The number of benzene rings is 1. The van der Waals surface area contributed by atoms with Gasteiger partial charge in [0.15, 0.2) is 10.3 Å². The number of amides is 3. The van der Waals surface area contributed by atoms with Crippen molar-refractivity contribution in [1.29, 1.82) is 0 Å². The number of aromatic amines is 1. The Morgan fingerprint density at radius 2 is 1.91 bits per heavy atom. The second-order valence-corrected chi connectivity index (χ2v) is 9.83. The number of carbonyl (C=O) groups is 4. The standard InChI is InChI=1S/C22H21N5O5S2/c28-16(29)12-15-20(33-21-23-10-11-24-21)34-22(25-15)26-17(30)19(32)27(14-8-2-1-3-9-14)18(31)13-6-4-5-7-13/h1-3,8-11,13H,4-7,12H2,(H,23,24)(H,28,29)(H,25,26,30). The molecule has 4 rings (SSSR count). The zero-order chi connectivity index (χ0) is 24.1. The smallest absolute Gasteiger partial charge is 0.323 e. The van der Waals surface area contributed by atoms with Gasteiger partial charge < -0.3 is 10.1 Å². The van der Waals surface area contributed by atoms with Gasteiger partial charge in [0.1, 0.15) is 0 Å². The van der Waals surface area contributed by atoms with Gasteiger partial charge in [0.25, 0.3) is 0 Å². The molecule has 176 valence electrons. The number of hydrogen-bond acceptors (Lipinski definition) is 8. The maximum absolute atomic E-state index is 13.1. The maximum Gasteiger partial charge on any atom is 0.323 e. The third-order valence-corrected chi connectivity index (χ3v) is 7.35. The third-order valence-electron chi connectivity index (χ3n) is 5.20. The number of nitrogens with zero attached hydrogens (tertiary/aromatic N) is 3. The number of hydrogen-bond donors (Lipinski definition) is 3. The van der Waals surface area contributed by atoms with E-state index in [0.29, 0.717) is 27.9 Å². The molecule has 2 heterocycles. The summed E-state index contributed by atoms with van der Waals surface area (Å²) in [7, 11) is 0. The molecule has 10 nitrogen and oxygen atoms in total. The number of imidazole rings is 1. The topological polar surface area (TPSA) is 145 Å². The van der Waals surface area contributed by atoms with Gasteiger partial charge in [-0.05, 0) is 36.7 Å². The van der Waals surface area contributed by atoms with Crippen LogP contribution in [0.3, 0.4) is 0 Å². The Labute approximate surface area is 202 Å². The van der Waals surface area contributed by atoms with Crippen molar-refractivity contribution in [1.82, 2.24) is 15.0 Å². The largest absolute Gasteiger partial charge is 0.481 e. The minimum Gasteiger partial charge on any atom is -0.481 e. The molecule has 3 aromatic rings. The average molecular weight is 500 g/mol. The van der Waals surface area contributed by atoms with Crippen LogP contribution in [-0.2, 0) is 25.6 Å². The Morgan fingerprint density at radius 3 is 2.56 bits per heavy atom. The van der Waals surface area contributed by atoms with Gasteiger partial charge in [0, 0.05) is 18.3 Å². The normalized spacial score (nSPS) is 13.5. The summed E-state index contributed by atoms with van der Waals surface area (Å²) in [6.07, 6.45) is 5.98. The molecule has 0 atom stereocenters. The first kappa shape index (κ1) is 23.6. The number of carbonyl (C=O) groups excluding carboxylic acids is 3. The molecule has 1 fully saturated rings. The third kappa shape index (κ3) is 5.51. The zero-order valence-electron chi connectivity index (χ0n) is 17.9. The Hall–Kier alpha value is -3.51. The van der Waals surface area contributed by atoms with E-state index in [1.54, 1.807) is 42.7 Å². The first-order chi connectivity index (χ1) is 16.4. The summed E-state index contributed by atoms with van der Waals surface area (Å²) in [6, 6.07) is 8.33. The van der Waals surface area contributed by atoms with Crippen molar-refractivity contribution in [2.45, 2.75) is 41.5 Å². The van der Waals surface area contributed by atoms with Crippen molar-refractivity contribution in [3.8, 4) is 0 Å². The van der Waals surface area contributed by atoms with Gasteiger partial charge in [0.2, 0.25) is 5.91 Å². The number of anilines is 2.